The van der Waals surface area contributed by atoms with Crippen molar-refractivity contribution in [3.63, 3.8) is 0 Å². The fourth-order valence-electron chi connectivity index (χ4n) is 4.59. The van der Waals surface area contributed by atoms with E-state index in [0.717, 1.165) is 51.4 Å². The van der Waals surface area contributed by atoms with Crippen molar-refractivity contribution in [1.29, 1.82) is 0 Å². The van der Waals surface area contributed by atoms with E-state index in [4.69, 9.17) is 0 Å². The molecule has 0 spiro atoms. The minimum atomic E-state index is -0.252. The molecule has 4 nitrogen and oxygen atoms in total. The van der Waals surface area contributed by atoms with E-state index in [1.54, 1.807) is 4.90 Å². The number of amides is 1. The van der Waals surface area contributed by atoms with Gasteiger partial charge >= 0.3 is 0 Å². The molecule has 0 aromatic carbocycles. The average Bonchev–Trinajstić information content (AvgIpc) is 3.14. The third-order valence-electron chi connectivity index (χ3n) is 6.24. The number of allylic oxidation sites excluding steroid dienone is 2. The van der Waals surface area contributed by atoms with Crippen LogP contribution in [0.15, 0.2) is 23.8 Å². The second-order valence-corrected chi connectivity index (χ2v) is 8.69. The number of aliphatic hydroxyl groups is 2. The minimum absolute atomic E-state index is 0.210. The lowest BCUT2D eigenvalue weighted by Crippen LogP contribution is -2.21. The van der Waals surface area contributed by atoms with Crippen molar-refractivity contribution in [1.82, 2.24) is 4.90 Å². The summed E-state index contributed by atoms with van der Waals surface area (Å²) in [5, 5.41) is 20.4. The van der Waals surface area contributed by atoms with Gasteiger partial charge in [0.15, 0.2) is 0 Å². The van der Waals surface area contributed by atoms with Gasteiger partial charge in [0, 0.05) is 26.4 Å². The molecule has 2 aliphatic carbocycles. The van der Waals surface area contributed by atoms with E-state index in [2.05, 4.69) is 25.2 Å². The normalized spacial score (nSPS) is 28.4. The lowest BCUT2D eigenvalue weighted by atomic mass is 9.88. The Labute approximate surface area is 165 Å². The topological polar surface area (TPSA) is 60.8 Å². The van der Waals surface area contributed by atoms with Crippen LogP contribution in [0, 0.1) is 17.8 Å². The summed E-state index contributed by atoms with van der Waals surface area (Å²) < 4.78 is 0. The standard InChI is InChI=1S/C23H39NO3/c1-4-5-10-19(25)11-8-12-20-21-15-17(14-18(21)16-22(20)26)9-6-7-13-23(27)24(2)3/h8,12,14,18-22,25-26H,4-7,9-11,13,15-16H2,1-3H3/b12-8+/t18-,19-,20+,21-,22+/m0/s1. The zero-order valence-corrected chi connectivity index (χ0v) is 17.4. The molecule has 27 heavy (non-hydrogen) atoms. The summed E-state index contributed by atoms with van der Waals surface area (Å²) >= 11 is 0. The number of hydrogen-bond acceptors (Lipinski definition) is 3. The largest absolute Gasteiger partial charge is 0.393 e. The molecule has 0 radical (unpaired) electrons. The van der Waals surface area contributed by atoms with E-state index in [1.807, 2.05) is 14.1 Å². The molecule has 1 fully saturated rings. The van der Waals surface area contributed by atoms with Crippen LogP contribution in [0.3, 0.4) is 0 Å². The molecule has 0 heterocycles. The minimum Gasteiger partial charge on any atom is -0.393 e. The Balaban J connectivity index is 1.74. The van der Waals surface area contributed by atoms with Crippen molar-refractivity contribution in [3.05, 3.63) is 23.8 Å². The predicted molar refractivity (Wildman–Crippen MR) is 110 cm³/mol. The summed E-state index contributed by atoms with van der Waals surface area (Å²) in [6, 6.07) is 0. The van der Waals surface area contributed by atoms with E-state index >= 15 is 0 Å². The van der Waals surface area contributed by atoms with Gasteiger partial charge in [-0.25, -0.2) is 0 Å². The van der Waals surface area contributed by atoms with Gasteiger partial charge in [-0.15, -0.1) is 0 Å². The molecule has 2 N–H and O–H groups in total. The Morgan fingerprint density at radius 2 is 2.11 bits per heavy atom. The molecule has 2 aliphatic rings. The second kappa shape index (κ2) is 11.0. The highest BCUT2D eigenvalue weighted by Gasteiger charge is 2.43. The van der Waals surface area contributed by atoms with Crippen molar-refractivity contribution in [2.24, 2.45) is 17.8 Å². The Kier molecular flexibility index (Phi) is 9.04. The zero-order chi connectivity index (χ0) is 19.8. The molecule has 0 unspecified atom stereocenters. The van der Waals surface area contributed by atoms with Crippen LogP contribution in [0.1, 0.15) is 71.1 Å². The van der Waals surface area contributed by atoms with Gasteiger partial charge in [-0.2, -0.15) is 0 Å². The highest BCUT2D eigenvalue weighted by atomic mass is 16.3. The summed E-state index contributed by atoms with van der Waals surface area (Å²) in [5.41, 5.74) is 1.51. The predicted octanol–water partition coefficient (Wildman–Crippen LogP) is 4.08. The van der Waals surface area contributed by atoms with Crippen molar-refractivity contribution in [3.8, 4) is 0 Å². The van der Waals surface area contributed by atoms with Crippen LogP contribution < -0.4 is 0 Å². The van der Waals surface area contributed by atoms with E-state index in [1.165, 1.54) is 5.57 Å². The molecule has 0 bridgehead atoms. The van der Waals surface area contributed by atoms with Gasteiger partial charge in [-0.05, 0) is 56.8 Å². The molecule has 4 heteroatoms. The van der Waals surface area contributed by atoms with E-state index < -0.39 is 0 Å². The van der Waals surface area contributed by atoms with Gasteiger partial charge in [-0.3, -0.25) is 4.79 Å². The maximum Gasteiger partial charge on any atom is 0.222 e. The van der Waals surface area contributed by atoms with Gasteiger partial charge in [-0.1, -0.05) is 43.6 Å². The van der Waals surface area contributed by atoms with Crippen LogP contribution in [-0.4, -0.2) is 47.3 Å². The maximum atomic E-state index is 11.6. The molecule has 0 aromatic heterocycles. The highest BCUT2D eigenvalue weighted by Crippen LogP contribution is 2.48. The Hall–Kier alpha value is -1.13. The number of fused-ring (bicyclic) bond motifs is 1. The van der Waals surface area contributed by atoms with Crippen molar-refractivity contribution in [2.75, 3.05) is 14.1 Å². The molecule has 154 valence electrons. The van der Waals surface area contributed by atoms with Gasteiger partial charge in [0.2, 0.25) is 5.91 Å². The number of rotatable bonds is 11. The average molecular weight is 378 g/mol. The molecule has 2 rings (SSSR count). The Morgan fingerprint density at radius 3 is 2.81 bits per heavy atom. The summed E-state index contributed by atoms with van der Waals surface area (Å²) in [6.45, 7) is 2.14. The molecule has 0 aromatic rings. The summed E-state index contributed by atoms with van der Waals surface area (Å²) in [6.07, 6.45) is 15.6. The lowest BCUT2D eigenvalue weighted by molar-refractivity contribution is -0.128. The first kappa shape index (κ1) is 22.2. The number of carbonyl (C=O) groups excluding carboxylic acids is 1. The molecular weight excluding hydrogens is 338 g/mol. The lowest BCUT2D eigenvalue weighted by Gasteiger charge is -2.18. The van der Waals surface area contributed by atoms with E-state index in [0.29, 0.717) is 24.7 Å². The SMILES string of the molecule is CCCC[C@H](O)C/C=C/[C@@H]1[C@H]2CC(CCCCC(=O)N(C)C)=C[C@H]2C[C@H]1O. The van der Waals surface area contributed by atoms with Crippen molar-refractivity contribution >= 4 is 5.91 Å². The first-order chi connectivity index (χ1) is 12.9. The molecule has 1 amide bonds. The van der Waals surface area contributed by atoms with Gasteiger partial charge < -0.3 is 15.1 Å². The zero-order valence-electron chi connectivity index (χ0n) is 17.4. The molecular formula is C23H39NO3. The third-order valence-corrected chi connectivity index (χ3v) is 6.24. The van der Waals surface area contributed by atoms with Crippen LogP contribution >= 0.6 is 0 Å². The fraction of sp³-hybridized carbons (Fsp3) is 0.783. The number of nitrogens with zero attached hydrogens (tertiary/aromatic N) is 1. The first-order valence-electron chi connectivity index (χ1n) is 10.8. The summed E-state index contributed by atoms with van der Waals surface area (Å²) in [4.78, 5) is 13.3. The number of carbonyl (C=O) groups is 1. The molecule has 1 saturated carbocycles. The van der Waals surface area contributed by atoms with E-state index in [9.17, 15) is 15.0 Å². The van der Waals surface area contributed by atoms with Crippen LogP contribution in [0.25, 0.3) is 0 Å². The Bertz CT molecular complexity index is 526. The first-order valence-corrected chi connectivity index (χ1v) is 10.8. The molecule has 0 saturated heterocycles. The molecule has 5 atom stereocenters. The van der Waals surface area contributed by atoms with Crippen LogP contribution in [0.2, 0.25) is 0 Å². The van der Waals surface area contributed by atoms with Gasteiger partial charge in [0.1, 0.15) is 0 Å². The van der Waals surface area contributed by atoms with E-state index in [-0.39, 0.29) is 24.0 Å². The van der Waals surface area contributed by atoms with Gasteiger partial charge in [0.05, 0.1) is 12.2 Å². The summed E-state index contributed by atoms with van der Waals surface area (Å²) in [7, 11) is 3.62. The number of hydrogen-bond donors (Lipinski definition) is 2. The third kappa shape index (κ3) is 6.76. The smallest absolute Gasteiger partial charge is 0.222 e. The quantitative estimate of drug-likeness (QED) is 0.421. The van der Waals surface area contributed by atoms with Crippen LogP contribution in [-0.2, 0) is 4.79 Å². The monoisotopic (exact) mass is 377 g/mol. The maximum absolute atomic E-state index is 11.6. The summed E-state index contributed by atoms with van der Waals surface area (Å²) in [5.74, 6) is 1.44. The van der Waals surface area contributed by atoms with Crippen LogP contribution in [0.4, 0.5) is 0 Å². The van der Waals surface area contributed by atoms with Gasteiger partial charge in [0.25, 0.3) is 0 Å². The Morgan fingerprint density at radius 1 is 1.33 bits per heavy atom. The number of aliphatic hydroxyl groups excluding tert-OH is 2. The van der Waals surface area contributed by atoms with Crippen LogP contribution in [0.5, 0.6) is 0 Å². The highest BCUT2D eigenvalue weighted by molar-refractivity contribution is 5.75. The second-order valence-electron chi connectivity index (χ2n) is 8.69. The van der Waals surface area contributed by atoms with Crippen molar-refractivity contribution < 1.29 is 15.0 Å². The number of unbranched alkanes of at least 4 members (excludes halogenated alkanes) is 2. The van der Waals surface area contributed by atoms with Crippen molar-refractivity contribution in [2.45, 2.75) is 83.3 Å². The fourth-order valence-corrected chi connectivity index (χ4v) is 4.59. The molecule has 0 aliphatic heterocycles.